The first-order valence-corrected chi connectivity index (χ1v) is 8.96. The van der Waals surface area contributed by atoms with E-state index in [-0.39, 0.29) is 11.5 Å². The highest BCUT2D eigenvalue weighted by Crippen LogP contribution is 2.32. The SMILES string of the molecule is O=S(=O)(N[C@@H]1COc2ccccc21)c1cnn(-c2ccccc2)c1. The number of benzene rings is 2. The molecular formula is C17H15N3O3S. The maximum atomic E-state index is 12.6. The van der Waals surface area contributed by atoms with Gasteiger partial charge in [0.2, 0.25) is 10.0 Å². The van der Waals surface area contributed by atoms with Gasteiger partial charge in [0.1, 0.15) is 17.3 Å². The maximum absolute atomic E-state index is 12.6. The first kappa shape index (κ1) is 14.9. The smallest absolute Gasteiger partial charge is 0.244 e. The van der Waals surface area contributed by atoms with Crippen LogP contribution in [-0.2, 0) is 10.0 Å². The van der Waals surface area contributed by atoms with Gasteiger partial charge in [0.25, 0.3) is 0 Å². The zero-order valence-electron chi connectivity index (χ0n) is 12.7. The number of rotatable bonds is 4. The van der Waals surface area contributed by atoms with Gasteiger partial charge in [0.15, 0.2) is 0 Å². The molecule has 1 aliphatic heterocycles. The van der Waals surface area contributed by atoms with Gasteiger partial charge < -0.3 is 4.74 Å². The Hall–Kier alpha value is -2.64. The third-order valence-corrected chi connectivity index (χ3v) is 5.31. The van der Waals surface area contributed by atoms with E-state index in [1.54, 1.807) is 0 Å². The number of hydrogen-bond donors (Lipinski definition) is 1. The lowest BCUT2D eigenvalue weighted by Crippen LogP contribution is -2.29. The second-order valence-corrected chi connectivity index (χ2v) is 7.19. The minimum atomic E-state index is -3.69. The van der Waals surface area contributed by atoms with E-state index in [2.05, 4.69) is 9.82 Å². The summed E-state index contributed by atoms with van der Waals surface area (Å²) in [4.78, 5) is 0.121. The van der Waals surface area contributed by atoms with Crippen LogP contribution in [0.1, 0.15) is 11.6 Å². The molecule has 1 aliphatic rings. The molecule has 0 spiro atoms. The number of sulfonamides is 1. The molecule has 1 N–H and O–H groups in total. The van der Waals surface area contributed by atoms with E-state index in [4.69, 9.17) is 4.74 Å². The fourth-order valence-electron chi connectivity index (χ4n) is 2.68. The highest BCUT2D eigenvalue weighted by molar-refractivity contribution is 7.89. The van der Waals surface area contributed by atoms with Crippen molar-refractivity contribution in [1.82, 2.24) is 14.5 Å². The Morgan fingerprint density at radius 1 is 1.08 bits per heavy atom. The van der Waals surface area contributed by atoms with Crippen LogP contribution in [0.2, 0.25) is 0 Å². The lowest BCUT2D eigenvalue weighted by atomic mass is 10.1. The predicted octanol–water partition coefficient (Wildman–Crippen LogP) is 2.28. The van der Waals surface area contributed by atoms with Crippen molar-refractivity contribution < 1.29 is 13.2 Å². The molecule has 0 bridgehead atoms. The lowest BCUT2D eigenvalue weighted by molar-refractivity contribution is 0.325. The van der Waals surface area contributed by atoms with Crippen molar-refractivity contribution in [2.24, 2.45) is 0 Å². The number of aromatic nitrogens is 2. The first-order valence-electron chi connectivity index (χ1n) is 7.48. The van der Waals surface area contributed by atoms with Gasteiger partial charge >= 0.3 is 0 Å². The Balaban J connectivity index is 1.59. The molecule has 3 aromatic rings. The molecule has 2 aromatic carbocycles. The fourth-order valence-corrected chi connectivity index (χ4v) is 3.81. The second kappa shape index (κ2) is 5.77. The zero-order chi connectivity index (χ0) is 16.6. The number of nitrogens with one attached hydrogen (secondary N) is 1. The Bertz CT molecular complexity index is 968. The second-order valence-electron chi connectivity index (χ2n) is 5.48. The largest absolute Gasteiger partial charge is 0.491 e. The van der Waals surface area contributed by atoms with Gasteiger partial charge in [-0.05, 0) is 18.2 Å². The van der Waals surface area contributed by atoms with Gasteiger partial charge in [-0.25, -0.2) is 13.1 Å². The van der Waals surface area contributed by atoms with Crippen molar-refractivity contribution >= 4 is 10.0 Å². The van der Waals surface area contributed by atoms with E-state index in [0.29, 0.717) is 5.75 Å². The Kier molecular flexibility index (Phi) is 3.59. The molecule has 2 heterocycles. The summed E-state index contributed by atoms with van der Waals surface area (Å²) in [6, 6.07) is 16.4. The van der Waals surface area contributed by atoms with Crippen molar-refractivity contribution in [2.75, 3.05) is 6.61 Å². The molecular weight excluding hydrogens is 326 g/mol. The molecule has 0 radical (unpaired) electrons. The van der Waals surface area contributed by atoms with E-state index in [1.807, 2.05) is 54.6 Å². The number of fused-ring (bicyclic) bond motifs is 1. The summed E-state index contributed by atoms with van der Waals surface area (Å²) in [5, 5.41) is 4.14. The maximum Gasteiger partial charge on any atom is 0.244 e. The van der Waals surface area contributed by atoms with Crippen LogP contribution in [0.3, 0.4) is 0 Å². The quantitative estimate of drug-likeness (QED) is 0.790. The summed E-state index contributed by atoms with van der Waals surface area (Å²) in [5.41, 5.74) is 1.64. The highest BCUT2D eigenvalue weighted by atomic mass is 32.2. The van der Waals surface area contributed by atoms with Gasteiger partial charge in [-0.2, -0.15) is 9.82 Å². The molecule has 6 nitrogen and oxygen atoms in total. The van der Waals surface area contributed by atoms with Gasteiger partial charge in [0, 0.05) is 5.56 Å². The van der Waals surface area contributed by atoms with E-state index in [0.717, 1.165) is 11.3 Å². The third-order valence-electron chi connectivity index (χ3n) is 3.89. The van der Waals surface area contributed by atoms with Crippen molar-refractivity contribution in [3.63, 3.8) is 0 Å². The van der Waals surface area contributed by atoms with Crippen LogP contribution in [0, 0.1) is 0 Å². The van der Waals surface area contributed by atoms with Crippen LogP contribution in [0.15, 0.2) is 71.9 Å². The molecule has 122 valence electrons. The van der Waals surface area contributed by atoms with E-state index in [9.17, 15) is 8.42 Å². The molecule has 0 amide bonds. The van der Waals surface area contributed by atoms with Crippen LogP contribution in [0.4, 0.5) is 0 Å². The number of nitrogens with zero attached hydrogens (tertiary/aromatic N) is 2. The minimum Gasteiger partial charge on any atom is -0.491 e. The topological polar surface area (TPSA) is 73.2 Å². The molecule has 7 heteroatoms. The van der Waals surface area contributed by atoms with Gasteiger partial charge in [-0.15, -0.1) is 0 Å². The van der Waals surface area contributed by atoms with Crippen molar-refractivity contribution in [3.8, 4) is 11.4 Å². The predicted molar refractivity (Wildman–Crippen MR) is 88.6 cm³/mol. The average Bonchev–Trinajstić information content (AvgIpc) is 3.24. The fraction of sp³-hybridized carbons (Fsp3) is 0.118. The minimum absolute atomic E-state index is 0.121. The molecule has 0 unspecified atom stereocenters. The van der Waals surface area contributed by atoms with Crippen LogP contribution in [0.5, 0.6) is 5.75 Å². The van der Waals surface area contributed by atoms with Crippen LogP contribution in [0.25, 0.3) is 5.69 Å². The van der Waals surface area contributed by atoms with Gasteiger partial charge in [0.05, 0.1) is 24.1 Å². The first-order chi connectivity index (χ1) is 11.6. The molecule has 0 saturated carbocycles. The van der Waals surface area contributed by atoms with Crippen LogP contribution < -0.4 is 9.46 Å². The normalized spacial score (nSPS) is 16.6. The van der Waals surface area contributed by atoms with Crippen LogP contribution in [-0.4, -0.2) is 24.8 Å². The summed E-state index contributed by atoms with van der Waals surface area (Å²) in [5.74, 6) is 0.713. The Labute approximate surface area is 139 Å². The van der Waals surface area contributed by atoms with Crippen LogP contribution >= 0.6 is 0 Å². The van der Waals surface area contributed by atoms with E-state index in [1.165, 1.54) is 17.1 Å². The molecule has 1 atom stereocenters. The molecule has 1 aromatic heterocycles. The lowest BCUT2D eigenvalue weighted by Gasteiger charge is -2.11. The molecule has 24 heavy (non-hydrogen) atoms. The monoisotopic (exact) mass is 341 g/mol. The Morgan fingerprint density at radius 2 is 1.83 bits per heavy atom. The molecule has 0 fully saturated rings. The van der Waals surface area contributed by atoms with Crippen molar-refractivity contribution in [1.29, 1.82) is 0 Å². The van der Waals surface area contributed by atoms with E-state index < -0.39 is 16.1 Å². The third kappa shape index (κ3) is 2.68. The Morgan fingerprint density at radius 3 is 2.67 bits per heavy atom. The average molecular weight is 341 g/mol. The summed E-state index contributed by atoms with van der Waals surface area (Å²) in [6.07, 6.45) is 2.84. The summed E-state index contributed by atoms with van der Waals surface area (Å²) >= 11 is 0. The van der Waals surface area contributed by atoms with Gasteiger partial charge in [-0.3, -0.25) is 0 Å². The van der Waals surface area contributed by atoms with Crippen molar-refractivity contribution in [3.05, 3.63) is 72.6 Å². The van der Waals surface area contributed by atoms with Crippen molar-refractivity contribution in [2.45, 2.75) is 10.9 Å². The van der Waals surface area contributed by atoms with E-state index >= 15 is 0 Å². The highest BCUT2D eigenvalue weighted by Gasteiger charge is 2.29. The zero-order valence-corrected chi connectivity index (χ0v) is 13.5. The standard InChI is InChI=1S/C17H15N3O3S/c21-24(22,19-16-12-23-17-9-5-4-8-15(16)17)14-10-18-20(11-14)13-6-2-1-3-7-13/h1-11,16,19H,12H2/t16-/m1/s1. The molecule has 0 aliphatic carbocycles. The summed E-state index contributed by atoms with van der Waals surface area (Å²) in [7, 11) is -3.69. The molecule has 0 saturated heterocycles. The molecule has 4 rings (SSSR count). The number of ether oxygens (including phenoxy) is 1. The number of hydrogen-bond acceptors (Lipinski definition) is 4. The van der Waals surface area contributed by atoms with Gasteiger partial charge in [-0.1, -0.05) is 36.4 Å². The number of para-hydroxylation sites is 2. The summed E-state index contributed by atoms with van der Waals surface area (Å²) in [6.45, 7) is 0.283. The summed E-state index contributed by atoms with van der Waals surface area (Å²) < 4.78 is 35.0.